The lowest BCUT2D eigenvalue weighted by atomic mass is 9.98. The molecule has 0 amide bonds. The molecule has 0 saturated heterocycles. The molecule has 280 valence electrons. The summed E-state index contributed by atoms with van der Waals surface area (Å²) >= 11 is 0. The molecule has 58 heavy (non-hydrogen) atoms. The van der Waals surface area contributed by atoms with Crippen molar-refractivity contribution in [3.8, 4) is 39.1 Å². The lowest BCUT2D eigenvalue weighted by Gasteiger charge is -2.26. The topological polar surface area (TPSA) is 8.17 Å². The average molecular weight is 765 g/mol. The van der Waals surface area contributed by atoms with Gasteiger partial charge in [0.25, 0.3) is 0 Å². The Balaban J connectivity index is 1.03. The Hall–Kier alpha value is -6.81. The molecule has 3 heteroatoms. The number of hydrogen-bond acceptors (Lipinski definition) is 1. The second-order valence-electron chi connectivity index (χ2n) is 15.8. The van der Waals surface area contributed by atoms with Crippen LogP contribution in [0, 0.1) is 0 Å². The fraction of sp³-hybridized carbons (Fsp3) is 0.0545. The van der Waals surface area contributed by atoms with Gasteiger partial charge in [0.1, 0.15) is 0 Å². The van der Waals surface area contributed by atoms with E-state index in [1.54, 1.807) is 0 Å². The second-order valence-corrected chi connectivity index (χ2v) is 19.9. The summed E-state index contributed by atoms with van der Waals surface area (Å²) in [6.07, 6.45) is 7.03. The molecule has 0 N–H and O–H groups in total. The van der Waals surface area contributed by atoms with E-state index < -0.39 is 10.0 Å². The summed E-state index contributed by atoms with van der Waals surface area (Å²) in [6.45, 7) is 0. The fourth-order valence-electron chi connectivity index (χ4n) is 8.38. The first-order chi connectivity index (χ1) is 28.4. The maximum Gasteiger partial charge on any atom is 0.0541 e. The van der Waals surface area contributed by atoms with Gasteiger partial charge in [0.2, 0.25) is 0 Å². The molecule has 0 saturated carbocycles. The molecule has 0 radical (unpaired) electrons. The molecule has 9 aromatic carbocycles. The summed E-state index contributed by atoms with van der Waals surface area (Å²) in [6, 6.07) is 77.6. The number of hydrogen-bond donors (Lipinski definition) is 0. The molecule has 0 unspecified atom stereocenters. The van der Waals surface area contributed by atoms with Crippen LogP contribution in [0.1, 0.15) is 0 Å². The Morgan fingerprint density at radius 2 is 0.845 bits per heavy atom. The van der Waals surface area contributed by atoms with E-state index in [1.807, 2.05) is 0 Å². The molecule has 0 aliphatic carbocycles. The standard InChI is InChI=1S/C55H44N2S/c1-58(2,3)49-35-26-40(27-36-49)39-20-29-46(30-21-39)56(48-33-24-43(25-34-48)51-18-11-13-42-12-7-8-16-50(42)51)47-31-22-41(23-32-47)44-28-37-55-53(38-44)52-17-9-10-19-54(52)57(55)45-14-5-4-6-15-45/h4-38H,1-3H3. The molecule has 0 spiro atoms. The number of para-hydroxylation sites is 2. The summed E-state index contributed by atoms with van der Waals surface area (Å²) in [5.41, 5.74) is 14.2. The van der Waals surface area contributed by atoms with Crippen LogP contribution in [-0.4, -0.2) is 23.3 Å². The lowest BCUT2D eigenvalue weighted by molar-refractivity contribution is 1.18. The summed E-state index contributed by atoms with van der Waals surface area (Å²) in [5.74, 6) is 0. The van der Waals surface area contributed by atoms with E-state index in [1.165, 1.54) is 76.5 Å². The number of aromatic nitrogens is 1. The van der Waals surface area contributed by atoms with E-state index in [4.69, 9.17) is 0 Å². The highest BCUT2D eigenvalue weighted by molar-refractivity contribution is 8.32. The van der Waals surface area contributed by atoms with Crippen LogP contribution in [0.25, 0.3) is 71.6 Å². The molecule has 0 atom stereocenters. The Kier molecular flexibility index (Phi) is 8.96. The van der Waals surface area contributed by atoms with Gasteiger partial charge in [-0.3, -0.25) is 0 Å². The van der Waals surface area contributed by atoms with Crippen LogP contribution in [0.4, 0.5) is 17.1 Å². The molecule has 1 aromatic heterocycles. The zero-order valence-corrected chi connectivity index (χ0v) is 33.8. The average Bonchev–Trinajstić information content (AvgIpc) is 3.61. The molecule has 0 aliphatic heterocycles. The van der Waals surface area contributed by atoms with Gasteiger partial charge < -0.3 is 9.47 Å². The Morgan fingerprint density at radius 3 is 1.48 bits per heavy atom. The van der Waals surface area contributed by atoms with Gasteiger partial charge in [-0.05, 0) is 147 Å². The second kappa shape index (κ2) is 14.6. The molecular weight excluding hydrogens is 721 g/mol. The predicted octanol–water partition coefficient (Wildman–Crippen LogP) is 15.5. The lowest BCUT2D eigenvalue weighted by Crippen LogP contribution is -2.09. The van der Waals surface area contributed by atoms with Gasteiger partial charge in [0.15, 0.2) is 0 Å². The minimum Gasteiger partial charge on any atom is -0.311 e. The van der Waals surface area contributed by atoms with Crippen LogP contribution in [0.2, 0.25) is 0 Å². The zero-order chi connectivity index (χ0) is 39.2. The van der Waals surface area contributed by atoms with Gasteiger partial charge in [0.05, 0.1) is 11.0 Å². The molecule has 10 aromatic rings. The fourth-order valence-corrected chi connectivity index (χ4v) is 9.34. The molecule has 0 bridgehead atoms. The quantitative estimate of drug-likeness (QED) is 0.150. The van der Waals surface area contributed by atoms with Crippen molar-refractivity contribution < 1.29 is 0 Å². The minimum atomic E-state index is -0.770. The van der Waals surface area contributed by atoms with Crippen molar-refractivity contribution in [2.45, 2.75) is 4.90 Å². The summed E-state index contributed by atoms with van der Waals surface area (Å²) < 4.78 is 2.37. The summed E-state index contributed by atoms with van der Waals surface area (Å²) in [4.78, 5) is 3.79. The molecule has 0 aliphatic rings. The first kappa shape index (κ1) is 35.6. The first-order valence-corrected chi connectivity index (χ1v) is 22.7. The number of nitrogens with zero attached hydrogens (tertiary/aromatic N) is 2. The van der Waals surface area contributed by atoms with Gasteiger partial charge in [-0.1, -0.05) is 133 Å². The van der Waals surface area contributed by atoms with Crippen LogP contribution in [0.15, 0.2) is 217 Å². The maximum atomic E-state index is 2.37. The van der Waals surface area contributed by atoms with E-state index in [2.05, 4.69) is 241 Å². The first-order valence-electron chi connectivity index (χ1n) is 19.9. The minimum absolute atomic E-state index is 0.770. The normalized spacial score (nSPS) is 12.0. The van der Waals surface area contributed by atoms with Crippen LogP contribution < -0.4 is 4.90 Å². The largest absolute Gasteiger partial charge is 0.311 e. The van der Waals surface area contributed by atoms with E-state index in [9.17, 15) is 0 Å². The Morgan fingerprint density at radius 1 is 0.362 bits per heavy atom. The van der Waals surface area contributed by atoms with E-state index in [-0.39, 0.29) is 0 Å². The number of rotatable bonds is 8. The summed E-state index contributed by atoms with van der Waals surface area (Å²) in [7, 11) is -0.770. The number of anilines is 3. The zero-order valence-electron chi connectivity index (χ0n) is 33.0. The molecule has 2 nitrogen and oxygen atoms in total. The summed E-state index contributed by atoms with van der Waals surface area (Å²) in [5, 5.41) is 5.03. The third-order valence-corrected chi connectivity index (χ3v) is 13.1. The third kappa shape index (κ3) is 6.54. The van der Waals surface area contributed by atoms with Gasteiger partial charge in [0, 0.05) is 33.5 Å². The van der Waals surface area contributed by atoms with Crippen molar-refractivity contribution in [2.24, 2.45) is 0 Å². The highest BCUT2D eigenvalue weighted by Crippen LogP contribution is 2.46. The van der Waals surface area contributed by atoms with E-state index in [0.717, 1.165) is 17.1 Å². The van der Waals surface area contributed by atoms with E-state index >= 15 is 0 Å². The predicted molar refractivity (Wildman–Crippen MR) is 253 cm³/mol. The monoisotopic (exact) mass is 764 g/mol. The SMILES string of the molecule is CS(C)(C)c1ccc(-c2ccc(N(c3ccc(-c4ccc5c(c4)c4ccccc4n5-c4ccccc4)cc3)c3ccc(-c4cccc5ccccc45)cc3)cc2)cc1. The molecular formula is C55H44N2S. The van der Waals surface area contributed by atoms with Gasteiger partial charge >= 0.3 is 0 Å². The highest BCUT2D eigenvalue weighted by Gasteiger charge is 2.17. The van der Waals surface area contributed by atoms with Crippen molar-refractivity contribution in [2.75, 3.05) is 23.7 Å². The number of fused-ring (bicyclic) bond motifs is 4. The van der Waals surface area contributed by atoms with Crippen LogP contribution >= 0.6 is 10.0 Å². The van der Waals surface area contributed by atoms with Gasteiger partial charge in [-0.25, -0.2) is 10.0 Å². The maximum absolute atomic E-state index is 2.37. The van der Waals surface area contributed by atoms with Gasteiger partial charge in [-0.15, -0.1) is 0 Å². The van der Waals surface area contributed by atoms with Crippen LogP contribution in [0.5, 0.6) is 0 Å². The smallest absolute Gasteiger partial charge is 0.0541 e. The Bertz CT molecular complexity index is 3040. The van der Waals surface area contributed by atoms with Crippen molar-refractivity contribution in [3.63, 3.8) is 0 Å². The van der Waals surface area contributed by atoms with Crippen molar-refractivity contribution in [1.29, 1.82) is 0 Å². The van der Waals surface area contributed by atoms with Gasteiger partial charge in [-0.2, -0.15) is 0 Å². The molecule has 0 fully saturated rings. The molecule has 1 heterocycles. The van der Waals surface area contributed by atoms with Crippen LogP contribution in [-0.2, 0) is 0 Å². The number of benzene rings is 9. The van der Waals surface area contributed by atoms with Crippen molar-refractivity contribution >= 4 is 59.7 Å². The van der Waals surface area contributed by atoms with Crippen molar-refractivity contribution in [3.05, 3.63) is 212 Å². The molecule has 10 rings (SSSR count). The Labute approximate surface area is 342 Å². The van der Waals surface area contributed by atoms with Crippen molar-refractivity contribution in [1.82, 2.24) is 4.57 Å². The third-order valence-electron chi connectivity index (χ3n) is 11.4. The van der Waals surface area contributed by atoms with E-state index in [0.29, 0.717) is 0 Å². The van der Waals surface area contributed by atoms with Crippen LogP contribution in [0.3, 0.4) is 0 Å². The highest BCUT2D eigenvalue weighted by atomic mass is 32.3.